The molecule has 140 valence electrons. The number of benzene rings is 1. The Morgan fingerprint density at radius 1 is 1.04 bits per heavy atom. The smallest absolute Gasteiger partial charge is 0.0968 e. The third-order valence-corrected chi connectivity index (χ3v) is 6.04. The van der Waals surface area contributed by atoms with Crippen molar-refractivity contribution >= 4 is 0 Å². The van der Waals surface area contributed by atoms with E-state index in [2.05, 4.69) is 35.4 Å². The van der Waals surface area contributed by atoms with Crippen LogP contribution in [0.25, 0.3) is 11.3 Å². The lowest BCUT2D eigenvalue weighted by Gasteiger charge is -2.29. The van der Waals surface area contributed by atoms with Crippen LogP contribution in [-0.2, 0) is 13.6 Å². The van der Waals surface area contributed by atoms with Crippen LogP contribution >= 0.6 is 0 Å². The maximum atomic E-state index is 9.94. The van der Waals surface area contributed by atoms with Crippen LogP contribution in [0.3, 0.4) is 0 Å². The Labute approximate surface area is 156 Å². The molecule has 1 aromatic carbocycles. The summed E-state index contributed by atoms with van der Waals surface area (Å²) in [4.78, 5) is 2.35. The van der Waals surface area contributed by atoms with Gasteiger partial charge in [0.05, 0.1) is 11.8 Å². The van der Waals surface area contributed by atoms with Crippen LogP contribution in [0.5, 0.6) is 0 Å². The van der Waals surface area contributed by atoms with Crippen molar-refractivity contribution in [2.24, 2.45) is 7.05 Å². The van der Waals surface area contributed by atoms with Gasteiger partial charge in [-0.15, -0.1) is 0 Å². The Morgan fingerprint density at radius 2 is 1.81 bits per heavy atom. The highest BCUT2D eigenvalue weighted by Gasteiger charge is 2.21. The van der Waals surface area contributed by atoms with E-state index < -0.39 is 0 Å². The first kappa shape index (κ1) is 17.7. The Kier molecular flexibility index (Phi) is 5.41. The zero-order chi connectivity index (χ0) is 17.9. The lowest BCUT2D eigenvalue weighted by Crippen LogP contribution is -2.37. The number of piperidine rings is 1. The molecule has 0 radical (unpaired) electrons. The topological polar surface area (TPSA) is 41.3 Å². The Balaban J connectivity index is 1.52. The number of likely N-dealkylation sites (tertiary alicyclic amines) is 1. The van der Waals surface area contributed by atoms with E-state index in [0.29, 0.717) is 0 Å². The molecule has 1 N–H and O–H groups in total. The van der Waals surface area contributed by atoms with E-state index in [1.54, 1.807) is 0 Å². The van der Waals surface area contributed by atoms with Crippen molar-refractivity contribution in [3.8, 4) is 11.3 Å². The molecule has 0 unspecified atom stereocenters. The molecule has 1 saturated carbocycles. The summed E-state index contributed by atoms with van der Waals surface area (Å²) in [5, 5.41) is 14.7. The largest absolute Gasteiger partial charge is 0.392 e. The molecule has 1 aliphatic heterocycles. The first-order valence-corrected chi connectivity index (χ1v) is 10.2. The number of aliphatic hydroxyl groups is 1. The van der Waals surface area contributed by atoms with E-state index in [9.17, 15) is 5.11 Å². The highest BCUT2D eigenvalue weighted by molar-refractivity contribution is 5.63. The van der Waals surface area contributed by atoms with Crippen LogP contribution in [0.1, 0.15) is 62.0 Å². The average Bonchev–Trinajstić information content (AvgIpc) is 3.03. The molecule has 2 aromatic rings. The molecular formula is C22H31N3O. The maximum Gasteiger partial charge on any atom is 0.0968 e. The number of hydrogen-bond acceptors (Lipinski definition) is 3. The molecule has 0 bridgehead atoms. The fraction of sp³-hybridized carbons (Fsp3) is 0.591. The minimum absolute atomic E-state index is 0.182. The second-order valence-corrected chi connectivity index (χ2v) is 8.16. The fourth-order valence-electron chi connectivity index (χ4n) is 4.66. The SMILES string of the molecule is Cn1cc(CN2CCC[C@H](O)C2)c(-c2ccc(C3CCCCC3)cc2)n1. The Morgan fingerprint density at radius 3 is 2.54 bits per heavy atom. The molecule has 2 fully saturated rings. The lowest BCUT2D eigenvalue weighted by atomic mass is 9.84. The summed E-state index contributed by atoms with van der Waals surface area (Å²) in [5.74, 6) is 0.746. The molecule has 0 spiro atoms. The Hall–Kier alpha value is -1.65. The standard InChI is InChI=1S/C22H31N3O/c1-24-14-20(15-25-13-5-8-21(26)16-25)22(23-24)19-11-9-18(10-12-19)17-6-3-2-4-7-17/h9-12,14,17,21,26H,2-8,13,15-16H2,1H3/t21-/m0/s1. The molecule has 0 amide bonds. The number of rotatable bonds is 4. The first-order chi connectivity index (χ1) is 12.7. The number of aromatic nitrogens is 2. The predicted molar refractivity (Wildman–Crippen MR) is 105 cm³/mol. The van der Waals surface area contributed by atoms with Crippen LogP contribution in [0.15, 0.2) is 30.5 Å². The molecule has 4 heteroatoms. The molecule has 1 saturated heterocycles. The van der Waals surface area contributed by atoms with Crippen LogP contribution in [-0.4, -0.2) is 39.0 Å². The highest BCUT2D eigenvalue weighted by Crippen LogP contribution is 2.34. The van der Waals surface area contributed by atoms with Gasteiger partial charge in [-0.3, -0.25) is 9.58 Å². The van der Waals surface area contributed by atoms with E-state index in [1.807, 2.05) is 11.7 Å². The zero-order valence-corrected chi connectivity index (χ0v) is 15.9. The number of nitrogens with zero attached hydrogens (tertiary/aromatic N) is 3. The minimum Gasteiger partial charge on any atom is -0.392 e. The van der Waals surface area contributed by atoms with E-state index in [4.69, 9.17) is 5.10 Å². The third-order valence-electron chi connectivity index (χ3n) is 6.04. The third kappa shape index (κ3) is 4.02. The summed E-state index contributed by atoms with van der Waals surface area (Å²) in [7, 11) is 1.99. The Bertz CT molecular complexity index is 715. The van der Waals surface area contributed by atoms with Crippen LogP contribution in [0, 0.1) is 0 Å². The molecule has 2 heterocycles. The van der Waals surface area contributed by atoms with Crippen molar-refractivity contribution in [3.63, 3.8) is 0 Å². The van der Waals surface area contributed by atoms with Gasteiger partial charge in [-0.05, 0) is 43.7 Å². The van der Waals surface area contributed by atoms with Gasteiger partial charge in [0, 0.05) is 37.5 Å². The van der Waals surface area contributed by atoms with Gasteiger partial charge in [0.25, 0.3) is 0 Å². The summed E-state index contributed by atoms with van der Waals surface area (Å²) in [6.45, 7) is 2.70. The van der Waals surface area contributed by atoms with Crippen molar-refractivity contribution in [1.82, 2.24) is 14.7 Å². The second kappa shape index (κ2) is 7.93. The van der Waals surface area contributed by atoms with Gasteiger partial charge in [-0.1, -0.05) is 43.5 Å². The average molecular weight is 354 g/mol. The lowest BCUT2D eigenvalue weighted by molar-refractivity contribution is 0.0669. The molecule has 26 heavy (non-hydrogen) atoms. The van der Waals surface area contributed by atoms with Gasteiger partial charge >= 0.3 is 0 Å². The van der Waals surface area contributed by atoms with Crippen molar-refractivity contribution in [2.45, 2.75) is 63.5 Å². The monoisotopic (exact) mass is 353 g/mol. The number of aliphatic hydroxyl groups excluding tert-OH is 1. The molecule has 1 atom stereocenters. The predicted octanol–water partition coefficient (Wildman–Crippen LogP) is 4.09. The van der Waals surface area contributed by atoms with Crippen molar-refractivity contribution in [3.05, 3.63) is 41.6 Å². The van der Waals surface area contributed by atoms with E-state index in [1.165, 1.54) is 48.8 Å². The molecule has 2 aliphatic rings. The number of hydrogen-bond donors (Lipinski definition) is 1. The number of aryl methyl sites for hydroxylation is 1. The van der Waals surface area contributed by atoms with Crippen LogP contribution in [0.4, 0.5) is 0 Å². The van der Waals surface area contributed by atoms with Gasteiger partial charge in [0.15, 0.2) is 0 Å². The van der Waals surface area contributed by atoms with Gasteiger partial charge < -0.3 is 5.11 Å². The molecule has 4 nitrogen and oxygen atoms in total. The van der Waals surface area contributed by atoms with Crippen molar-refractivity contribution < 1.29 is 5.11 Å². The van der Waals surface area contributed by atoms with Gasteiger partial charge in [0.2, 0.25) is 0 Å². The highest BCUT2D eigenvalue weighted by atomic mass is 16.3. The summed E-state index contributed by atoms with van der Waals surface area (Å²) >= 11 is 0. The second-order valence-electron chi connectivity index (χ2n) is 8.16. The van der Waals surface area contributed by atoms with Gasteiger partial charge in [-0.25, -0.2) is 0 Å². The normalized spacial score (nSPS) is 22.6. The quantitative estimate of drug-likeness (QED) is 0.900. The fourth-order valence-corrected chi connectivity index (χ4v) is 4.66. The van der Waals surface area contributed by atoms with E-state index >= 15 is 0 Å². The van der Waals surface area contributed by atoms with Crippen molar-refractivity contribution in [1.29, 1.82) is 0 Å². The minimum atomic E-state index is -0.182. The van der Waals surface area contributed by atoms with E-state index in [0.717, 1.165) is 44.1 Å². The summed E-state index contributed by atoms with van der Waals surface area (Å²) in [6.07, 6.45) is 10.8. The zero-order valence-electron chi connectivity index (χ0n) is 15.9. The summed E-state index contributed by atoms with van der Waals surface area (Å²) < 4.78 is 1.92. The van der Waals surface area contributed by atoms with E-state index in [-0.39, 0.29) is 6.10 Å². The summed E-state index contributed by atoms with van der Waals surface area (Å²) in [6, 6.07) is 9.13. The van der Waals surface area contributed by atoms with Gasteiger partial charge in [0.1, 0.15) is 0 Å². The summed E-state index contributed by atoms with van der Waals surface area (Å²) in [5.41, 5.74) is 5.04. The first-order valence-electron chi connectivity index (χ1n) is 10.2. The molecule has 1 aromatic heterocycles. The van der Waals surface area contributed by atoms with Crippen molar-refractivity contribution in [2.75, 3.05) is 13.1 Å². The molecule has 1 aliphatic carbocycles. The van der Waals surface area contributed by atoms with Gasteiger partial charge in [-0.2, -0.15) is 5.10 Å². The maximum absolute atomic E-state index is 9.94. The number of β-amino-alcohol motifs (C(OH)–C–C–N with tert-alkyl or cyclic N) is 1. The van der Waals surface area contributed by atoms with Crippen LogP contribution in [0.2, 0.25) is 0 Å². The molecular weight excluding hydrogens is 322 g/mol. The van der Waals surface area contributed by atoms with Crippen LogP contribution < -0.4 is 0 Å². The molecule has 4 rings (SSSR count).